The van der Waals surface area contributed by atoms with Crippen LogP contribution in [0.4, 0.5) is 0 Å². The van der Waals surface area contributed by atoms with Crippen LogP contribution in [0.25, 0.3) is 0 Å². The zero-order valence-corrected chi connectivity index (χ0v) is 14.1. The summed E-state index contributed by atoms with van der Waals surface area (Å²) in [7, 11) is 0. The van der Waals surface area contributed by atoms with Crippen LogP contribution in [-0.2, 0) is 9.59 Å². The Morgan fingerprint density at radius 2 is 1.59 bits per heavy atom. The molecule has 0 aromatic carbocycles. The highest BCUT2D eigenvalue weighted by Gasteiger charge is 2.61. The van der Waals surface area contributed by atoms with E-state index in [2.05, 4.69) is 34.3 Å². The molecule has 0 aromatic rings. The summed E-state index contributed by atoms with van der Waals surface area (Å²) in [4.78, 5) is 25.1. The van der Waals surface area contributed by atoms with Gasteiger partial charge in [0.25, 0.3) is 0 Å². The normalized spacial score (nSPS) is 44.1. The molecule has 0 heterocycles. The number of ketones is 2. The van der Waals surface area contributed by atoms with Crippen LogP contribution in [0.15, 0.2) is 23.8 Å². The van der Waals surface area contributed by atoms with Gasteiger partial charge in [-0.25, -0.2) is 0 Å². The zero-order valence-electron chi connectivity index (χ0n) is 14.1. The average Bonchev–Trinajstić information content (AvgIpc) is 2.40. The predicted octanol–water partition coefficient (Wildman–Crippen LogP) is 3.97. The molecule has 6 rings (SSSR count). The molecule has 0 aromatic heterocycles. The fourth-order valence-electron chi connectivity index (χ4n) is 5.80. The van der Waals surface area contributed by atoms with Crippen molar-refractivity contribution in [2.24, 2.45) is 40.4 Å². The summed E-state index contributed by atoms with van der Waals surface area (Å²) in [5.74, 6) is 2.01. The Balaban J connectivity index is 1.59. The number of carbonyl (C=O) groups is 2. The minimum absolute atomic E-state index is 0.0382. The summed E-state index contributed by atoms with van der Waals surface area (Å²) in [6.07, 6.45) is 4.59. The quantitative estimate of drug-likeness (QED) is 0.723. The molecule has 4 saturated carbocycles. The van der Waals surface area contributed by atoms with Gasteiger partial charge in [0.15, 0.2) is 5.78 Å². The van der Waals surface area contributed by atoms with Gasteiger partial charge >= 0.3 is 0 Å². The van der Waals surface area contributed by atoms with Crippen molar-refractivity contribution < 1.29 is 9.59 Å². The first kappa shape index (κ1) is 14.4. The van der Waals surface area contributed by atoms with Gasteiger partial charge in [-0.1, -0.05) is 45.4 Å². The average molecular weight is 298 g/mol. The van der Waals surface area contributed by atoms with Crippen LogP contribution in [-0.4, -0.2) is 11.6 Å². The predicted molar refractivity (Wildman–Crippen MR) is 86.1 cm³/mol. The van der Waals surface area contributed by atoms with E-state index in [0.29, 0.717) is 17.6 Å². The third-order valence-electron chi connectivity index (χ3n) is 7.68. The molecule has 2 heteroatoms. The number of allylic oxidation sites excluding steroid dienone is 3. The smallest absolute Gasteiger partial charge is 0.159 e. The molecular weight excluding hydrogens is 272 g/mol. The molecular formula is C20H26O2. The van der Waals surface area contributed by atoms with Crippen molar-refractivity contribution in [2.45, 2.75) is 47.0 Å². The van der Waals surface area contributed by atoms with Crippen molar-refractivity contribution >= 4 is 11.6 Å². The number of hydrogen-bond acceptors (Lipinski definition) is 2. The van der Waals surface area contributed by atoms with E-state index in [4.69, 9.17) is 0 Å². The number of fused-ring (bicyclic) bond motifs is 3. The van der Waals surface area contributed by atoms with Crippen molar-refractivity contribution in [3.63, 3.8) is 0 Å². The van der Waals surface area contributed by atoms with Crippen molar-refractivity contribution in [2.75, 3.05) is 0 Å². The molecule has 0 N–H and O–H groups in total. The van der Waals surface area contributed by atoms with Gasteiger partial charge in [-0.3, -0.25) is 9.59 Å². The highest BCUT2D eigenvalue weighted by Crippen LogP contribution is 2.63. The first-order valence-corrected chi connectivity index (χ1v) is 8.62. The minimum Gasteiger partial charge on any atom is -0.299 e. The second-order valence-electron chi connectivity index (χ2n) is 9.18. The third kappa shape index (κ3) is 1.51. The minimum atomic E-state index is -0.0382. The molecule has 6 aliphatic rings. The number of Topliss-reactive ketones (excluding diaryl/α,β-unsaturated/α-hetero) is 1. The van der Waals surface area contributed by atoms with Crippen molar-refractivity contribution in [1.82, 2.24) is 0 Å². The molecule has 0 unspecified atom stereocenters. The molecule has 0 amide bonds. The maximum absolute atomic E-state index is 12.9. The van der Waals surface area contributed by atoms with Gasteiger partial charge in [-0.15, -0.1) is 0 Å². The Labute approximate surface area is 133 Å². The highest BCUT2D eigenvalue weighted by atomic mass is 16.1. The van der Waals surface area contributed by atoms with Gasteiger partial charge in [-0.05, 0) is 48.0 Å². The summed E-state index contributed by atoms with van der Waals surface area (Å²) in [6, 6.07) is 0. The molecule has 5 atom stereocenters. The lowest BCUT2D eigenvalue weighted by Crippen LogP contribution is -2.58. The van der Waals surface area contributed by atoms with Gasteiger partial charge in [0.05, 0.1) is 0 Å². The van der Waals surface area contributed by atoms with Gasteiger partial charge in [0, 0.05) is 17.8 Å². The Morgan fingerprint density at radius 3 is 2.09 bits per heavy atom. The van der Waals surface area contributed by atoms with Gasteiger partial charge in [0.2, 0.25) is 0 Å². The van der Waals surface area contributed by atoms with Crippen LogP contribution in [0, 0.1) is 40.4 Å². The lowest BCUT2D eigenvalue weighted by atomic mass is 9.43. The molecule has 2 nitrogen and oxygen atoms in total. The van der Waals surface area contributed by atoms with Crippen LogP contribution in [0.2, 0.25) is 0 Å². The molecule has 0 saturated heterocycles. The fraction of sp³-hybridized carbons (Fsp3) is 0.700. The number of carbonyl (C=O) groups excluding carboxylic acids is 2. The van der Waals surface area contributed by atoms with Crippen molar-refractivity contribution in [3.05, 3.63) is 23.8 Å². The second kappa shape index (κ2) is 4.01. The van der Waals surface area contributed by atoms with E-state index in [-0.39, 0.29) is 34.4 Å². The maximum atomic E-state index is 12.9. The summed E-state index contributed by atoms with van der Waals surface area (Å²) >= 11 is 0. The molecule has 0 radical (unpaired) electrons. The Bertz CT molecular complexity index is 610. The summed E-state index contributed by atoms with van der Waals surface area (Å²) in [6.45, 7) is 13.1. The van der Waals surface area contributed by atoms with Crippen LogP contribution in [0.5, 0.6) is 0 Å². The molecule has 118 valence electrons. The third-order valence-corrected chi connectivity index (χ3v) is 7.68. The summed E-state index contributed by atoms with van der Waals surface area (Å²) < 4.78 is 0. The molecule has 6 aliphatic carbocycles. The van der Waals surface area contributed by atoms with E-state index < -0.39 is 0 Å². The van der Waals surface area contributed by atoms with Crippen molar-refractivity contribution in [3.8, 4) is 0 Å². The summed E-state index contributed by atoms with van der Waals surface area (Å²) in [5, 5.41) is 0. The van der Waals surface area contributed by atoms with Gasteiger partial charge in [-0.2, -0.15) is 0 Å². The van der Waals surface area contributed by atoms with E-state index in [1.807, 2.05) is 6.08 Å². The van der Waals surface area contributed by atoms with Gasteiger partial charge in [0.1, 0.15) is 5.78 Å². The molecule has 4 bridgehead atoms. The van der Waals surface area contributed by atoms with Crippen LogP contribution < -0.4 is 0 Å². The standard InChI is InChI=1S/C20H26O2/c1-10-12(18(22)16-8-13(10)19(16,2)3)6-11-7-17(21)15-9-14(11)20(15,4)5/h7,12-16H,1,6,8-9H2,2-5H3/t12-,13+,14+,15+,16+/m0/s1. The topological polar surface area (TPSA) is 34.1 Å². The van der Waals surface area contributed by atoms with E-state index >= 15 is 0 Å². The van der Waals surface area contributed by atoms with E-state index in [1.54, 1.807) is 0 Å². The Kier molecular flexibility index (Phi) is 2.63. The summed E-state index contributed by atoms with van der Waals surface area (Å²) in [5.41, 5.74) is 2.53. The molecule has 0 spiro atoms. The van der Waals surface area contributed by atoms with E-state index in [9.17, 15) is 9.59 Å². The Morgan fingerprint density at radius 1 is 1.00 bits per heavy atom. The molecule has 0 aliphatic heterocycles. The monoisotopic (exact) mass is 298 g/mol. The van der Waals surface area contributed by atoms with Gasteiger partial charge < -0.3 is 0 Å². The lowest BCUT2D eigenvalue weighted by Gasteiger charge is -2.60. The molecule has 4 fully saturated rings. The maximum Gasteiger partial charge on any atom is 0.159 e. The molecule has 22 heavy (non-hydrogen) atoms. The van der Waals surface area contributed by atoms with Crippen molar-refractivity contribution in [1.29, 1.82) is 0 Å². The second-order valence-corrected chi connectivity index (χ2v) is 9.18. The number of hydrogen-bond donors (Lipinski definition) is 0. The first-order valence-electron chi connectivity index (χ1n) is 8.62. The Hall–Kier alpha value is -1.18. The van der Waals surface area contributed by atoms with Crippen LogP contribution in [0.1, 0.15) is 47.0 Å². The largest absolute Gasteiger partial charge is 0.299 e. The van der Waals surface area contributed by atoms with E-state index in [1.165, 1.54) is 5.57 Å². The SMILES string of the molecule is C=C1[C@H](CC2=CC(=O)[C@H]3C[C@H]2C3(C)C)C(=O)[C@H]2C[C@H]1C2(C)C. The zero-order chi connectivity index (χ0) is 16.0. The van der Waals surface area contributed by atoms with Crippen LogP contribution in [0.3, 0.4) is 0 Å². The fourth-order valence-corrected chi connectivity index (χ4v) is 5.80. The lowest BCUT2D eigenvalue weighted by molar-refractivity contribution is -0.148. The number of rotatable bonds is 2. The van der Waals surface area contributed by atoms with E-state index in [0.717, 1.165) is 24.8 Å². The van der Waals surface area contributed by atoms with Crippen LogP contribution >= 0.6 is 0 Å². The first-order chi connectivity index (χ1) is 10.2. The highest BCUT2D eigenvalue weighted by molar-refractivity contribution is 5.96.